The van der Waals surface area contributed by atoms with Gasteiger partial charge in [-0.3, -0.25) is 9.78 Å². The fraction of sp³-hybridized carbons (Fsp3) is 0.316. The second kappa shape index (κ2) is 6.20. The molecule has 25 heavy (non-hydrogen) atoms. The van der Waals surface area contributed by atoms with Crippen LogP contribution < -0.4 is 0 Å². The summed E-state index contributed by atoms with van der Waals surface area (Å²) >= 11 is 0. The summed E-state index contributed by atoms with van der Waals surface area (Å²) in [5.74, 6) is 1.43. The first-order valence-electron chi connectivity index (χ1n) is 8.45. The fourth-order valence-electron chi connectivity index (χ4n) is 3.34. The van der Waals surface area contributed by atoms with Gasteiger partial charge in [0.2, 0.25) is 0 Å². The van der Waals surface area contributed by atoms with Crippen LogP contribution >= 0.6 is 0 Å². The van der Waals surface area contributed by atoms with E-state index in [1.165, 1.54) is 0 Å². The number of rotatable bonds is 4. The number of aromatic nitrogens is 4. The Morgan fingerprint density at radius 1 is 1.24 bits per heavy atom. The van der Waals surface area contributed by atoms with Crippen LogP contribution in [0.3, 0.4) is 0 Å². The van der Waals surface area contributed by atoms with Crippen molar-refractivity contribution in [3.05, 3.63) is 71.8 Å². The number of hydrogen-bond donors (Lipinski definition) is 0. The van der Waals surface area contributed by atoms with E-state index in [0.29, 0.717) is 13.1 Å². The molecular weight excluding hydrogens is 314 g/mol. The molecule has 1 amide bonds. The lowest BCUT2D eigenvalue weighted by Gasteiger charge is -2.39. The van der Waals surface area contributed by atoms with Crippen molar-refractivity contribution in [1.29, 1.82) is 0 Å². The second-order valence-electron chi connectivity index (χ2n) is 6.62. The molecule has 0 unspecified atom stereocenters. The number of aryl methyl sites for hydroxylation is 2. The van der Waals surface area contributed by atoms with Gasteiger partial charge in [-0.1, -0.05) is 6.07 Å². The normalized spacial score (nSPS) is 14.6. The third-order valence-corrected chi connectivity index (χ3v) is 4.85. The first kappa shape index (κ1) is 15.6. The molecule has 0 spiro atoms. The fourth-order valence-corrected chi connectivity index (χ4v) is 3.34. The van der Waals surface area contributed by atoms with Gasteiger partial charge in [0.1, 0.15) is 11.5 Å². The van der Waals surface area contributed by atoms with Crippen LogP contribution in [0.25, 0.3) is 0 Å². The maximum atomic E-state index is 12.5. The van der Waals surface area contributed by atoms with E-state index in [0.717, 1.165) is 29.3 Å². The summed E-state index contributed by atoms with van der Waals surface area (Å²) in [6.07, 6.45) is 7.47. The van der Waals surface area contributed by atoms with Gasteiger partial charge in [0, 0.05) is 50.6 Å². The van der Waals surface area contributed by atoms with Gasteiger partial charge in [0.05, 0.1) is 12.5 Å². The van der Waals surface area contributed by atoms with Crippen molar-refractivity contribution in [2.24, 2.45) is 7.05 Å². The molecule has 4 rings (SSSR count). The highest BCUT2D eigenvalue weighted by molar-refractivity contribution is 5.93. The topological polar surface area (TPSA) is 56.0 Å². The van der Waals surface area contributed by atoms with Crippen molar-refractivity contribution in [3.8, 4) is 0 Å². The van der Waals surface area contributed by atoms with Crippen LogP contribution in [0.1, 0.15) is 33.5 Å². The SMILES string of the molecule is Cc1cnc(C2CN(C(=O)c3cccn3C)C2)n1Cc1cccnc1. The quantitative estimate of drug-likeness (QED) is 0.734. The first-order chi connectivity index (χ1) is 12.1. The molecule has 1 aliphatic rings. The zero-order valence-corrected chi connectivity index (χ0v) is 14.5. The largest absolute Gasteiger partial charge is 0.347 e. The zero-order chi connectivity index (χ0) is 17.4. The minimum absolute atomic E-state index is 0.0887. The maximum Gasteiger partial charge on any atom is 0.270 e. The van der Waals surface area contributed by atoms with E-state index in [1.807, 2.05) is 53.3 Å². The number of pyridine rings is 1. The predicted molar refractivity (Wildman–Crippen MR) is 94.4 cm³/mol. The predicted octanol–water partition coefficient (Wildman–Crippen LogP) is 2.21. The Labute approximate surface area is 146 Å². The molecule has 0 atom stereocenters. The standard InChI is InChI=1S/C19H21N5O/c1-14-9-21-18(24(14)11-15-5-3-7-20-10-15)16-12-23(13-16)19(25)17-6-4-8-22(17)2/h3-10,16H,11-13H2,1-2H3. The van der Waals surface area contributed by atoms with E-state index in [2.05, 4.69) is 27.5 Å². The maximum absolute atomic E-state index is 12.5. The first-order valence-corrected chi connectivity index (χ1v) is 8.45. The average Bonchev–Trinajstić information content (AvgIpc) is 3.15. The van der Waals surface area contributed by atoms with Crippen LogP contribution in [0.5, 0.6) is 0 Å². The molecule has 3 aromatic heterocycles. The monoisotopic (exact) mass is 335 g/mol. The summed E-state index contributed by atoms with van der Waals surface area (Å²) in [7, 11) is 1.90. The summed E-state index contributed by atoms with van der Waals surface area (Å²) in [4.78, 5) is 23.2. The van der Waals surface area contributed by atoms with Crippen molar-refractivity contribution in [2.45, 2.75) is 19.4 Å². The van der Waals surface area contributed by atoms with E-state index >= 15 is 0 Å². The molecule has 6 heteroatoms. The molecule has 128 valence electrons. The molecule has 0 N–H and O–H groups in total. The van der Waals surface area contributed by atoms with Crippen LogP contribution in [-0.4, -0.2) is 43.0 Å². The smallest absolute Gasteiger partial charge is 0.270 e. The lowest BCUT2D eigenvalue weighted by atomic mass is 9.98. The van der Waals surface area contributed by atoms with E-state index in [4.69, 9.17) is 0 Å². The molecule has 0 aliphatic carbocycles. The Bertz CT molecular complexity index is 890. The Morgan fingerprint density at radius 2 is 2.08 bits per heavy atom. The number of carbonyl (C=O) groups is 1. The van der Waals surface area contributed by atoms with Gasteiger partial charge in [-0.25, -0.2) is 4.98 Å². The van der Waals surface area contributed by atoms with E-state index in [1.54, 1.807) is 6.20 Å². The van der Waals surface area contributed by atoms with Crippen LogP contribution in [0, 0.1) is 6.92 Å². The molecule has 0 aromatic carbocycles. The van der Waals surface area contributed by atoms with E-state index < -0.39 is 0 Å². The van der Waals surface area contributed by atoms with E-state index in [-0.39, 0.29) is 11.8 Å². The molecule has 1 fully saturated rings. The highest BCUT2D eigenvalue weighted by Gasteiger charge is 2.35. The highest BCUT2D eigenvalue weighted by Crippen LogP contribution is 2.28. The summed E-state index contributed by atoms with van der Waals surface area (Å²) in [6.45, 7) is 4.26. The van der Waals surface area contributed by atoms with Crippen molar-refractivity contribution in [1.82, 2.24) is 24.0 Å². The van der Waals surface area contributed by atoms with Gasteiger partial charge >= 0.3 is 0 Å². The van der Waals surface area contributed by atoms with Gasteiger partial charge < -0.3 is 14.0 Å². The van der Waals surface area contributed by atoms with Crippen molar-refractivity contribution >= 4 is 5.91 Å². The average molecular weight is 335 g/mol. The lowest BCUT2D eigenvalue weighted by Crippen LogP contribution is -2.49. The molecule has 0 radical (unpaired) electrons. The molecule has 1 aliphatic heterocycles. The van der Waals surface area contributed by atoms with Gasteiger partial charge in [0.15, 0.2) is 0 Å². The molecule has 6 nitrogen and oxygen atoms in total. The number of amides is 1. The minimum Gasteiger partial charge on any atom is -0.347 e. The third-order valence-electron chi connectivity index (χ3n) is 4.85. The Kier molecular flexibility index (Phi) is 3.87. The van der Waals surface area contributed by atoms with E-state index in [9.17, 15) is 4.79 Å². The minimum atomic E-state index is 0.0887. The Balaban J connectivity index is 1.48. The van der Waals surface area contributed by atoms with Gasteiger partial charge in [0.25, 0.3) is 5.91 Å². The Morgan fingerprint density at radius 3 is 2.76 bits per heavy atom. The van der Waals surface area contributed by atoms with Crippen LogP contribution in [0.2, 0.25) is 0 Å². The van der Waals surface area contributed by atoms with Crippen LogP contribution in [0.15, 0.2) is 49.1 Å². The lowest BCUT2D eigenvalue weighted by molar-refractivity contribution is 0.0581. The van der Waals surface area contributed by atoms with Gasteiger partial charge in [-0.2, -0.15) is 0 Å². The number of carbonyl (C=O) groups excluding carboxylic acids is 1. The third kappa shape index (κ3) is 2.84. The van der Waals surface area contributed by atoms with Crippen molar-refractivity contribution in [3.63, 3.8) is 0 Å². The Hall–Kier alpha value is -2.89. The highest BCUT2D eigenvalue weighted by atomic mass is 16.2. The number of nitrogens with zero attached hydrogens (tertiary/aromatic N) is 5. The zero-order valence-electron chi connectivity index (χ0n) is 14.5. The van der Waals surface area contributed by atoms with Crippen molar-refractivity contribution in [2.75, 3.05) is 13.1 Å². The van der Waals surface area contributed by atoms with Crippen LogP contribution in [-0.2, 0) is 13.6 Å². The molecular formula is C19H21N5O. The molecule has 0 saturated carbocycles. The number of likely N-dealkylation sites (tertiary alicyclic amines) is 1. The van der Waals surface area contributed by atoms with Crippen LogP contribution in [0.4, 0.5) is 0 Å². The molecule has 1 saturated heterocycles. The second-order valence-corrected chi connectivity index (χ2v) is 6.62. The summed E-state index contributed by atoms with van der Waals surface area (Å²) in [6, 6.07) is 7.78. The van der Waals surface area contributed by atoms with Gasteiger partial charge in [-0.15, -0.1) is 0 Å². The molecule has 4 heterocycles. The summed E-state index contributed by atoms with van der Waals surface area (Å²) in [5, 5.41) is 0. The molecule has 3 aromatic rings. The van der Waals surface area contributed by atoms with Gasteiger partial charge in [-0.05, 0) is 30.7 Å². The molecule has 0 bridgehead atoms. The van der Waals surface area contributed by atoms with Crippen molar-refractivity contribution < 1.29 is 4.79 Å². The number of hydrogen-bond acceptors (Lipinski definition) is 3. The number of imidazole rings is 1. The summed E-state index contributed by atoms with van der Waals surface area (Å²) < 4.78 is 4.09. The summed E-state index contributed by atoms with van der Waals surface area (Å²) in [5.41, 5.74) is 3.01.